The molecule has 0 aliphatic heterocycles. The number of methoxy groups -OCH3 is 1. The number of ether oxygens (including phenoxy) is 1. The minimum absolute atomic E-state index is 0.481. The van der Waals surface area contributed by atoms with Crippen molar-refractivity contribution in [2.45, 2.75) is 26.9 Å². The molecule has 0 bridgehead atoms. The maximum absolute atomic E-state index is 11.2. The molecule has 3 N–H and O–H groups in total. The van der Waals surface area contributed by atoms with Gasteiger partial charge in [-0.25, -0.2) is 9.79 Å². The zero-order chi connectivity index (χ0) is 18.8. The third-order valence-electron chi connectivity index (χ3n) is 3.73. The Morgan fingerprint density at radius 3 is 2.27 bits per heavy atom. The maximum atomic E-state index is 11.2. The Balaban J connectivity index is 1.93. The zero-order valence-corrected chi connectivity index (χ0v) is 15.5. The van der Waals surface area contributed by atoms with Gasteiger partial charge in [0.2, 0.25) is 0 Å². The Kier molecular flexibility index (Phi) is 7.49. The van der Waals surface area contributed by atoms with Crippen molar-refractivity contribution < 1.29 is 9.53 Å². The van der Waals surface area contributed by atoms with Gasteiger partial charge in [0.05, 0.1) is 13.7 Å². The van der Waals surface area contributed by atoms with Crippen molar-refractivity contribution in [2.75, 3.05) is 19.0 Å². The van der Waals surface area contributed by atoms with E-state index in [0.29, 0.717) is 18.8 Å². The van der Waals surface area contributed by atoms with Gasteiger partial charge < -0.3 is 15.4 Å². The van der Waals surface area contributed by atoms with Crippen LogP contribution in [0.1, 0.15) is 23.6 Å². The summed E-state index contributed by atoms with van der Waals surface area (Å²) in [5, 5.41) is 9.21. The van der Waals surface area contributed by atoms with Crippen molar-refractivity contribution in [3.63, 3.8) is 0 Å². The van der Waals surface area contributed by atoms with Crippen LogP contribution in [0.25, 0.3) is 0 Å². The van der Waals surface area contributed by atoms with E-state index in [2.05, 4.69) is 56.9 Å². The molecule has 0 aliphatic rings. The first-order chi connectivity index (χ1) is 12.6. The highest BCUT2D eigenvalue weighted by atomic mass is 16.5. The molecule has 1 amide bonds. The zero-order valence-electron chi connectivity index (χ0n) is 15.5. The fourth-order valence-electron chi connectivity index (χ4n) is 2.27. The van der Waals surface area contributed by atoms with Crippen LogP contribution in [0.15, 0.2) is 53.5 Å². The number of nitrogens with one attached hydrogen (secondary N) is 3. The van der Waals surface area contributed by atoms with Gasteiger partial charge in [-0.3, -0.25) is 5.32 Å². The Morgan fingerprint density at radius 1 is 1.00 bits per heavy atom. The van der Waals surface area contributed by atoms with Gasteiger partial charge in [0.15, 0.2) is 5.96 Å². The van der Waals surface area contributed by atoms with Crippen LogP contribution >= 0.6 is 0 Å². The minimum Gasteiger partial charge on any atom is -0.453 e. The van der Waals surface area contributed by atoms with Crippen molar-refractivity contribution in [3.05, 3.63) is 65.2 Å². The number of anilines is 1. The van der Waals surface area contributed by atoms with Crippen LogP contribution in [-0.4, -0.2) is 25.7 Å². The second-order valence-corrected chi connectivity index (χ2v) is 5.85. The van der Waals surface area contributed by atoms with Crippen LogP contribution in [0.3, 0.4) is 0 Å². The fraction of sp³-hybridized carbons (Fsp3) is 0.300. The number of benzene rings is 2. The molecule has 0 radical (unpaired) electrons. The Morgan fingerprint density at radius 2 is 1.65 bits per heavy atom. The summed E-state index contributed by atoms with van der Waals surface area (Å²) in [7, 11) is 1.34. The number of carbonyl (C=O) groups is 1. The van der Waals surface area contributed by atoms with E-state index >= 15 is 0 Å². The Labute approximate surface area is 154 Å². The lowest BCUT2D eigenvalue weighted by atomic mass is 10.1. The molecular formula is C20H26N4O2. The molecule has 6 heteroatoms. The van der Waals surface area contributed by atoms with E-state index in [1.165, 1.54) is 18.2 Å². The van der Waals surface area contributed by atoms with Crippen LogP contribution in [0, 0.1) is 6.92 Å². The number of hydrogen-bond donors (Lipinski definition) is 3. The number of hydrogen-bond acceptors (Lipinski definition) is 3. The van der Waals surface area contributed by atoms with Crippen LogP contribution in [0.2, 0.25) is 0 Å². The first-order valence-electron chi connectivity index (χ1n) is 8.62. The highest BCUT2D eigenvalue weighted by molar-refractivity contribution is 5.84. The molecule has 0 atom stereocenters. The molecule has 0 saturated heterocycles. The molecule has 2 rings (SSSR count). The minimum atomic E-state index is -0.481. The first-order valence-corrected chi connectivity index (χ1v) is 8.62. The molecule has 0 aliphatic carbocycles. The number of nitrogens with zero attached hydrogens (tertiary/aromatic N) is 1. The molecule has 26 heavy (non-hydrogen) atoms. The standard InChI is InChI=1S/C20H26N4O2/c1-4-21-19(22-13-16-7-5-15(2)6-8-16)23-14-17-9-11-18(12-10-17)24-20(25)26-3/h5-12H,4,13-14H2,1-3H3,(H,24,25)(H2,21,22,23). The van der Waals surface area contributed by atoms with Crippen molar-refractivity contribution >= 4 is 17.7 Å². The van der Waals surface area contributed by atoms with Crippen molar-refractivity contribution in [3.8, 4) is 0 Å². The molecule has 0 saturated carbocycles. The van der Waals surface area contributed by atoms with Crippen LogP contribution < -0.4 is 16.0 Å². The quantitative estimate of drug-likeness (QED) is 0.549. The normalized spacial score (nSPS) is 11.0. The van der Waals surface area contributed by atoms with Crippen molar-refractivity contribution in [1.82, 2.24) is 10.6 Å². The largest absolute Gasteiger partial charge is 0.453 e. The predicted octanol–water partition coefficient (Wildman–Crippen LogP) is 3.43. The molecule has 138 valence electrons. The summed E-state index contributed by atoms with van der Waals surface area (Å²) in [5.41, 5.74) is 4.20. The molecule has 2 aromatic rings. The van der Waals surface area contributed by atoms with E-state index < -0.39 is 6.09 Å². The summed E-state index contributed by atoms with van der Waals surface area (Å²) in [6, 6.07) is 15.9. The number of aliphatic imine (C=N–C) groups is 1. The van der Waals surface area contributed by atoms with Crippen molar-refractivity contribution in [1.29, 1.82) is 0 Å². The fourth-order valence-corrected chi connectivity index (χ4v) is 2.27. The average Bonchev–Trinajstić information content (AvgIpc) is 2.66. The molecule has 2 aromatic carbocycles. The van der Waals surface area contributed by atoms with Gasteiger partial charge in [0.1, 0.15) is 0 Å². The number of carbonyl (C=O) groups excluding carboxylic acids is 1. The summed E-state index contributed by atoms with van der Waals surface area (Å²) < 4.78 is 4.57. The SMILES string of the molecule is CCNC(=NCc1ccc(NC(=O)OC)cc1)NCc1ccc(C)cc1. The van der Waals surface area contributed by atoms with Crippen LogP contribution in [-0.2, 0) is 17.8 Å². The Bertz CT molecular complexity index is 724. The van der Waals surface area contributed by atoms with Crippen molar-refractivity contribution in [2.24, 2.45) is 4.99 Å². The van der Waals surface area contributed by atoms with E-state index in [1.807, 2.05) is 31.2 Å². The van der Waals surface area contributed by atoms with Gasteiger partial charge in [-0.05, 0) is 37.1 Å². The van der Waals surface area contributed by atoms with Gasteiger partial charge in [-0.2, -0.15) is 0 Å². The number of guanidine groups is 1. The second-order valence-electron chi connectivity index (χ2n) is 5.85. The van der Waals surface area contributed by atoms with Gasteiger partial charge in [-0.15, -0.1) is 0 Å². The lowest BCUT2D eigenvalue weighted by Crippen LogP contribution is -2.36. The molecule has 0 heterocycles. The smallest absolute Gasteiger partial charge is 0.411 e. The van der Waals surface area contributed by atoms with E-state index in [-0.39, 0.29) is 0 Å². The van der Waals surface area contributed by atoms with Gasteiger partial charge in [0, 0.05) is 18.8 Å². The average molecular weight is 354 g/mol. The second kappa shape index (κ2) is 10.1. The molecule has 0 fully saturated rings. The number of aryl methyl sites for hydroxylation is 1. The highest BCUT2D eigenvalue weighted by Crippen LogP contribution is 2.10. The summed E-state index contributed by atoms with van der Waals surface area (Å²) in [6.07, 6.45) is -0.481. The summed E-state index contributed by atoms with van der Waals surface area (Å²) in [5.74, 6) is 0.768. The first kappa shape index (κ1) is 19.3. The molecule has 6 nitrogen and oxygen atoms in total. The monoisotopic (exact) mass is 354 g/mol. The summed E-state index contributed by atoms with van der Waals surface area (Å²) in [4.78, 5) is 15.8. The predicted molar refractivity (Wildman–Crippen MR) is 105 cm³/mol. The molecule has 0 spiro atoms. The van der Waals surface area contributed by atoms with Crippen LogP contribution in [0.5, 0.6) is 0 Å². The highest BCUT2D eigenvalue weighted by Gasteiger charge is 2.01. The maximum Gasteiger partial charge on any atom is 0.411 e. The van der Waals surface area contributed by atoms with Gasteiger partial charge in [0.25, 0.3) is 0 Å². The van der Waals surface area contributed by atoms with Gasteiger partial charge >= 0.3 is 6.09 Å². The molecule has 0 aromatic heterocycles. The lowest BCUT2D eigenvalue weighted by molar-refractivity contribution is 0.187. The van der Waals surface area contributed by atoms with E-state index in [9.17, 15) is 4.79 Å². The molecular weight excluding hydrogens is 328 g/mol. The van der Waals surface area contributed by atoms with E-state index in [1.54, 1.807) is 0 Å². The number of rotatable bonds is 6. The summed E-state index contributed by atoms with van der Waals surface area (Å²) in [6.45, 7) is 6.17. The molecule has 0 unspecified atom stereocenters. The Hall–Kier alpha value is -3.02. The number of amides is 1. The van der Waals surface area contributed by atoms with Gasteiger partial charge in [-0.1, -0.05) is 42.0 Å². The van der Waals surface area contributed by atoms with Crippen LogP contribution in [0.4, 0.5) is 10.5 Å². The third-order valence-corrected chi connectivity index (χ3v) is 3.73. The summed E-state index contributed by atoms with van der Waals surface area (Å²) >= 11 is 0. The van der Waals surface area contributed by atoms with E-state index in [4.69, 9.17) is 0 Å². The topological polar surface area (TPSA) is 74.8 Å². The lowest BCUT2D eigenvalue weighted by Gasteiger charge is -2.12. The van der Waals surface area contributed by atoms with E-state index in [0.717, 1.165) is 18.1 Å². The third kappa shape index (κ3) is 6.47.